The maximum absolute atomic E-state index is 13.4. The van der Waals surface area contributed by atoms with Crippen LogP contribution in [0.3, 0.4) is 0 Å². The summed E-state index contributed by atoms with van der Waals surface area (Å²) < 4.78 is 51.7. The van der Waals surface area contributed by atoms with Gasteiger partial charge in [0.05, 0.1) is 29.1 Å². The van der Waals surface area contributed by atoms with Crippen LogP contribution in [-0.2, 0) is 33.1 Å². The van der Waals surface area contributed by atoms with Gasteiger partial charge in [-0.3, -0.25) is 4.79 Å². The number of benzene rings is 2. The Hall–Kier alpha value is -2.32. The van der Waals surface area contributed by atoms with Crippen molar-refractivity contribution in [3.05, 3.63) is 65.2 Å². The molecule has 0 radical (unpaired) electrons. The Kier molecular flexibility index (Phi) is 5.21. The molecule has 0 aromatic heterocycles. The molecule has 1 atom stereocenters. The predicted octanol–water partition coefficient (Wildman–Crippen LogP) is 4.84. The maximum Gasteiger partial charge on any atom is 0.482 e. The highest BCUT2D eigenvalue weighted by atomic mass is 19.4. The second-order valence-corrected chi connectivity index (χ2v) is 9.16. The molecule has 1 saturated heterocycles. The standard InChI is InChI=1S/C23H25BF3NO3/c1-21(2)22(3,4)31-24(30-21)19-14-16-9-5-6-11-18(16)28(19)20(29)13-15-8-7-10-17(12-15)23(25,26)27/h5-12,19H,13-14H2,1-4H3. The van der Waals surface area contributed by atoms with Gasteiger partial charge in [0, 0.05) is 5.69 Å². The van der Waals surface area contributed by atoms with Crippen LogP contribution >= 0.6 is 0 Å². The molecule has 1 amide bonds. The number of fused-ring (bicyclic) bond motifs is 1. The van der Waals surface area contributed by atoms with Crippen molar-refractivity contribution in [2.45, 2.75) is 63.9 Å². The van der Waals surface area contributed by atoms with Crippen LogP contribution in [0.25, 0.3) is 0 Å². The second-order valence-electron chi connectivity index (χ2n) is 9.16. The molecule has 4 rings (SSSR count). The van der Waals surface area contributed by atoms with Gasteiger partial charge >= 0.3 is 13.3 Å². The molecule has 2 aliphatic rings. The van der Waals surface area contributed by atoms with E-state index in [1.165, 1.54) is 6.07 Å². The van der Waals surface area contributed by atoms with Crippen LogP contribution in [0.15, 0.2) is 48.5 Å². The molecular formula is C23H25BF3NO3. The van der Waals surface area contributed by atoms with Crippen LogP contribution in [0.2, 0.25) is 0 Å². The molecule has 2 aromatic carbocycles. The van der Waals surface area contributed by atoms with E-state index >= 15 is 0 Å². The first-order chi connectivity index (χ1) is 14.4. The van der Waals surface area contributed by atoms with Crippen LogP contribution in [0.4, 0.5) is 18.9 Å². The van der Waals surface area contributed by atoms with E-state index in [9.17, 15) is 18.0 Å². The van der Waals surface area contributed by atoms with Crippen LogP contribution in [0.5, 0.6) is 0 Å². The summed E-state index contributed by atoms with van der Waals surface area (Å²) in [5.41, 5.74) is 0.183. The SMILES string of the molecule is CC1(C)OB(C2Cc3ccccc3N2C(=O)Cc2cccc(C(F)(F)F)c2)OC1(C)C. The van der Waals surface area contributed by atoms with Crippen LogP contribution in [-0.4, -0.2) is 30.2 Å². The molecule has 1 fully saturated rings. The fourth-order valence-electron chi connectivity index (χ4n) is 4.11. The van der Waals surface area contributed by atoms with Crippen molar-refractivity contribution in [1.82, 2.24) is 0 Å². The molecular weight excluding hydrogens is 406 g/mol. The number of hydrogen-bond acceptors (Lipinski definition) is 3. The van der Waals surface area contributed by atoms with Gasteiger partial charge in [-0.1, -0.05) is 36.4 Å². The van der Waals surface area contributed by atoms with Gasteiger partial charge in [-0.15, -0.1) is 0 Å². The van der Waals surface area contributed by atoms with Crippen molar-refractivity contribution < 1.29 is 27.3 Å². The Bertz CT molecular complexity index is 990. The average Bonchev–Trinajstić information content (AvgIpc) is 3.15. The Morgan fingerprint density at radius 1 is 1.06 bits per heavy atom. The molecule has 4 nitrogen and oxygen atoms in total. The van der Waals surface area contributed by atoms with E-state index in [-0.39, 0.29) is 12.3 Å². The smallest absolute Gasteiger partial charge is 0.402 e. The van der Waals surface area contributed by atoms with Crippen molar-refractivity contribution in [1.29, 1.82) is 0 Å². The number of carbonyl (C=O) groups excluding carboxylic acids is 1. The molecule has 2 heterocycles. The molecule has 0 bridgehead atoms. The fourth-order valence-corrected chi connectivity index (χ4v) is 4.11. The number of rotatable bonds is 3. The lowest BCUT2D eigenvalue weighted by molar-refractivity contribution is -0.137. The molecule has 1 unspecified atom stereocenters. The van der Waals surface area contributed by atoms with E-state index in [1.54, 1.807) is 11.0 Å². The highest BCUT2D eigenvalue weighted by molar-refractivity contribution is 6.49. The van der Waals surface area contributed by atoms with Gasteiger partial charge in [-0.25, -0.2) is 0 Å². The molecule has 8 heteroatoms. The van der Waals surface area contributed by atoms with E-state index in [1.807, 2.05) is 52.0 Å². The summed E-state index contributed by atoms with van der Waals surface area (Å²) in [6.07, 6.45) is -4.04. The molecule has 2 aliphatic heterocycles. The number of anilines is 1. The third-order valence-electron chi connectivity index (χ3n) is 6.48. The van der Waals surface area contributed by atoms with Gasteiger partial charge < -0.3 is 14.2 Å². The summed E-state index contributed by atoms with van der Waals surface area (Å²) in [5.74, 6) is -0.680. The highest BCUT2D eigenvalue weighted by Crippen LogP contribution is 2.42. The number of carbonyl (C=O) groups is 1. The zero-order chi connectivity index (χ0) is 22.6. The number of hydrogen-bond donors (Lipinski definition) is 0. The number of amides is 1. The summed E-state index contributed by atoms with van der Waals surface area (Å²) in [6.45, 7) is 7.79. The van der Waals surface area contributed by atoms with Crippen LogP contribution < -0.4 is 4.90 Å². The minimum absolute atomic E-state index is 0.145. The molecule has 2 aromatic rings. The van der Waals surface area contributed by atoms with Crippen molar-refractivity contribution in [3.8, 4) is 0 Å². The lowest BCUT2D eigenvalue weighted by atomic mass is 9.76. The van der Waals surface area contributed by atoms with E-state index < -0.39 is 36.0 Å². The number of nitrogens with zero attached hydrogens (tertiary/aromatic N) is 1. The van der Waals surface area contributed by atoms with E-state index in [2.05, 4.69) is 0 Å². The van der Waals surface area contributed by atoms with Gasteiger partial charge in [-0.05, 0) is 57.4 Å². The van der Waals surface area contributed by atoms with Gasteiger partial charge in [0.25, 0.3) is 0 Å². The average molecular weight is 431 g/mol. The first kappa shape index (κ1) is 21.9. The quantitative estimate of drug-likeness (QED) is 0.654. The first-order valence-corrected chi connectivity index (χ1v) is 10.3. The molecule has 0 N–H and O–H groups in total. The zero-order valence-corrected chi connectivity index (χ0v) is 18.0. The third-order valence-corrected chi connectivity index (χ3v) is 6.48. The Morgan fingerprint density at radius 2 is 1.71 bits per heavy atom. The summed E-state index contributed by atoms with van der Waals surface area (Å²) in [4.78, 5) is 15.0. The molecule has 0 spiro atoms. The maximum atomic E-state index is 13.4. The number of para-hydroxylation sites is 1. The first-order valence-electron chi connectivity index (χ1n) is 10.3. The van der Waals surface area contributed by atoms with Gasteiger partial charge in [0.15, 0.2) is 0 Å². The van der Waals surface area contributed by atoms with Crippen LogP contribution in [0.1, 0.15) is 44.4 Å². The zero-order valence-electron chi connectivity index (χ0n) is 18.0. The normalized spacial score (nSPS) is 22.0. The van der Waals surface area contributed by atoms with Gasteiger partial charge in [-0.2, -0.15) is 13.2 Å². The molecule has 164 valence electrons. The van der Waals surface area contributed by atoms with Gasteiger partial charge in [0.2, 0.25) is 5.91 Å². The number of alkyl halides is 3. The lowest BCUT2D eigenvalue weighted by Crippen LogP contribution is -2.50. The van der Waals surface area contributed by atoms with E-state index in [0.29, 0.717) is 12.0 Å². The minimum Gasteiger partial charge on any atom is -0.402 e. The fraction of sp³-hybridized carbons (Fsp3) is 0.435. The monoisotopic (exact) mass is 431 g/mol. The molecule has 0 saturated carbocycles. The lowest BCUT2D eigenvalue weighted by Gasteiger charge is -2.32. The molecule has 31 heavy (non-hydrogen) atoms. The minimum atomic E-state index is -4.45. The largest absolute Gasteiger partial charge is 0.482 e. The van der Waals surface area contributed by atoms with Crippen molar-refractivity contribution >= 4 is 18.7 Å². The number of halogens is 3. The Labute approximate surface area is 180 Å². The third kappa shape index (κ3) is 3.99. The van der Waals surface area contributed by atoms with Crippen molar-refractivity contribution in [2.24, 2.45) is 0 Å². The summed E-state index contributed by atoms with van der Waals surface area (Å²) in [5, 5.41) is 0. The van der Waals surface area contributed by atoms with Crippen molar-refractivity contribution in [3.63, 3.8) is 0 Å². The van der Waals surface area contributed by atoms with E-state index in [0.717, 1.165) is 23.4 Å². The Balaban J connectivity index is 1.63. The highest BCUT2D eigenvalue weighted by Gasteiger charge is 2.57. The van der Waals surface area contributed by atoms with Crippen LogP contribution in [0, 0.1) is 0 Å². The van der Waals surface area contributed by atoms with Gasteiger partial charge in [0.1, 0.15) is 0 Å². The Morgan fingerprint density at radius 3 is 2.35 bits per heavy atom. The topological polar surface area (TPSA) is 38.8 Å². The summed E-state index contributed by atoms with van der Waals surface area (Å²) in [7, 11) is -0.636. The molecule has 0 aliphatic carbocycles. The summed E-state index contributed by atoms with van der Waals surface area (Å²) >= 11 is 0. The van der Waals surface area contributed by atoms with E-state index in [4.69, 9.17) is 9.31 Å². The summed E-state index contributed by atoms with van der Waals surface area (Å²) in [6, 6.07) is 12.5. The second kappa shape index (κ2) is 7.38. The predicted molar refractivity (Wildman–Crippen MR) is 113 cm³/mol. The van der Waals surface area contributed by atoms with Crippen molar-refractivity contribution in [2.75, 3.05) is 4.90 Å².